The summed E-state index contributed by atoms with van der Waals surface area (Å²) < 4.78 is 14.2. The number of rotatable bonds is 6. The van der Waals surface area contributed by atoms with E-state index in [2.05, 4.69) is 15.3 Å². The molecule has 3 heterocycles. The third-order valence-corrected chi connectivity index (χ3v) is 5.02. The quantitative estimate of drug-likeness (QED) is 0.367. The van der Waals surface area contributed by atoms with Crippen LogP contribution in [0.15, 0.2) is 67.0 Å². The number of hydrogen-bond donors (Lipinski definition) is 1. The molecule has 1 aromatic carbocycles. The van der Waals surface area contributed by atoms with E-state index in [1.54, 1.807) is 28.5 Å². The van der Waals surface area contributed by atoms with E-state index in [9.17, 15) is 14.5 Å². The highest BCUT2D eigenvalue weighted by atomic mass is 19.1. The van der Waals surface area contributed by atoms with Crippen molar-refractivity contribution < 1.29 is 9.31 Å². The second-order valence-corrected chi connectivity index (χ2v) is 7.02. The largest absolute Gasteiger partial charge is 0.329 e. The van der Waals surface area contributed by atoms with Crippen molar-refractivity contribution in [1.29, 1.82) is 0 Å². The number of pyridine rings is 2. The van der Waals surface area contributed by atoms with Gasteiger partial charge in [-0.15, -0.1) is 0 Å². The third-order valence-electron chi connectivity index (χ3n) is 5.02. The van der Waals surface area contributed by atoms with Crippen LogP contribution in [-0.4, -0.2) is 52.9 Å². The first-order valence-corrected chi connectivity index (χ1v) is 9.81. The van der Waals surface area contributed by atoms with Crippen LogP contribution >= 0.6 is 0 Å². The standard InChI is InChI=1S/C21H22FN7O2/c1-26(16-9-11-23-12-10-16)20-8-7-18(29(30)31)21(25-20)28(17-5-3-2-4-6-17)27-14-13-24-19(22)15-27/h2-12,19,24H,13-15H2,1H3. The van der Waals surface area contributed by atoms with E-state index in [0.29, 0.717) is 24.6 Å². The molecule has 1 aliphatic heterocycles. The summed E-state index contributed by atoms with van der Waals surface area (Å²) in [5, 5.41) is 18.0. The average molecular weight is 423 g/mol. The molecule has 1 saturated heterocycles. The predicted molar refractivity (Wildman–Crippen MR) is 116 cm³/mol. The molecule has 0 aliphatic carbocycles. The Kier molecular flexibility index (Phi) is 6.01. The third kappa shape index (κ3) is 4.44. The number of aromatic nitrogens is 2. The summed E-state index contributed by atoms with van der Waals surface area (Å²) in [4.78, 5) is 21.9. The molecule has 0 amide bonds. The molecule has 1 unspecified atom stereocenters. The van der Waals surface area contributed by atoms with Crippen LogP contribution in [0.1, 0.15) is 0 Å². The Labute approximate surface area is 178 Å². The lowest BCUT2D eigenvalue weighted by Gasteiger charge is -2.39. The van der Waals surface area contributed by atoms with E-state index in [4.69, 9.17) is 0 Å². The van der Waals surface area contributed by atoms with Gasteiger partial charge in [-0.3, -0.25) is 25.4 Å². The molecule has 160 valence electrons. The average Bonchev–Trinajstić information content (AvgIpc) is 2.80. The molecule has 10 heteroatoms. The Bertz CT molecular complexity index is 1040. The highest BCUT2D eigenvalue weighted by Gasteiger charge is 2.31. The number of hydrazine groups is 1. The van der Waals surface area contributed by atoms with Gasteiger partial charge < -0.3 is 4.90 Å². The zero-order chi connectivity index (χ0) is 21.8. The molecule has 0 radical (unpaired) electrons. The predicted octanol–water partition coefficient (Wildman–Crippen LogP) is 3.41. The molecule has 31 heavy (non-hydrogen) atoms. The van der Waals surface area contributed by atoms with Crippen molar-refractivity contribution >= 4 is 28.7 Å². The summed E-state index contributed by atoms with van der Waals surface area (Å²) in [5.74, 6) is 0.642. The molecule has 1 aliphatic rings. The van der Waals surface area contributed by atoms with Gasteiger partial charge in [0, 0.05) is 44.3 Å². The summed E-state index contributed by atoms with van der Waals surface area (Å²) in [6.07, 6.45) is 2.08. The van der Waals surface area contributed by atoms with Crippen molar-refractivity contribution in [2.75, 3.05) is 36.6 Å². The van der Waals surface area contributed by atoms with Gasteiger partial charge in [-0.1, -0.05) is 18.2 Å². The maximum atomic E-state index is 14.2. The Morgan fingerprint density at radius 2 is 1.87 bits per heavy atom. The monoisotopic (exact) mass is 423 g/mol. The zero-order valence-corrected chi connectivity index (χ0v) is 16.9. The molecule has 0 bridgehead atoms. The van der Waals surface area contributed by atoms with Gasteiger partial charge in [-0.2, -0.15) is 0 Å². The van der Waals surface area contributed by atoms with Crippen LogP contribution in [0.5, 0.6) is 0 Å². The Morgan fingerprint density at radius 1 is 1.13 bits per heavy atom. The van der Waals surface area contributed by atoms with E-state index in [1.165, 1.54) is 6.07 Å². The molecule has 1 atom stereocenters. The number of nitrogens with zero attached hydrogens (tertiary/aromatic N) is 6. The van der Waals surface area contributed by atoms with Crippen LogP contribution in [0.2, 0.25) is 0 Å². The van der Waals surface area contributed by atoms with Crippen LogP contribution < -0.4 is 15.2 Å². The fraction of sp³-hybridized carbons (Fsp3) is 0.238. The minimum atomic E-state index is -1.25. The number of hydrogen-bond acceptors (Lipinski definition) is 8. The summed E-state index contributed by atoms with van der Waals surface area (Å²) in [5.41, 5.74) is 1.33. The van der Waals surface area contributed by atoms with Crippen LogP contribution in [0.3, 0.4) is 0 Å². The van der Waals surface area contributed by atoms with Gasteiger partial charge in [0.25, 0.3) is 0 Å². The first kappa shape index (κ1) is 20.6. The van der Waals surface area contributed by atoms with Crippen LogP contribution in [0, 0.1) is 10.1 Å². The van der Waals surface area contributed by atoms with Crippen molar-refractivity contribution in [2.24, 2.45) is 0 Å². The van der Waals surface area contributed by atoms with E-state index < -0.39 is 11.2 Å². The Balaban J connectivity index is 1.83. The Hall–Kier alpha value is -3.63. The lowest BCUT2D eigenvalue weighted by atomic mass is 10.2. The van der Waals surface area contributed by atoms with Crippen molar-refractivity contribution in [2.45, 2.75) is 6.30 Å². The van der Waals surface area contributed by atoms with Crippen molar-refractivity contribution in [3.05, 3.63) is 77.1 Å². The van der Waals surface area contributed by atoms with Gasteiger partial charge in [0.05, 0.1) is 17.2 Å². The molecule has 0 spiro atoms. The number of nitro groups is 1. The van der Waals surface area contributed by atoms with Crippen molar-refractivity contribution in [3.63, 3.8) is 0 Å². The van der Waals surface area contributed by atoms with Gasteiger partial charge in [-0.25, -0.2) is 14.4 Å². The highest BCUT2D eigenvalue weighted by Crippen LogP contribution is 2.36. The van der Waals surface area contributed by atoms with Gasteiger partial charge in [-0.05, 0) is 30.3 Å². The van der Waals surface area contributed by atoms with E-state index in [-0.39, 0.29) is 18.1 Å². The van der Waals surface area contributed by atoms with Crippen molar-refractivity contribution in [3.8, 4) is 0 Å². The second-order valence-electron chi connectivity index (χ2n) is 7.02. The zero-order valence-electron chi connectivity index (χ0n) is 16.9. The number of benzene rings is 1. The Morgan fingerprint density at radius 3 is 2.55 bits per heavy atom. The number of piperazine rings is 1. The topological polar surface area (TPSA) is 90.7 Å². The fourth-order valence-electron chi connectivity index (χ4n) is 3.48. The molecular weight excluding hydrogens is 401 g/mol. The fourth-order valence-corrected chi connectivity index (χ4v) is 3.48. The van der Waals surface area contributed by atoms with Crippen LogP contribution in [0.4, 0.5) is 33.1 Å². The number of nitrogens with one attached hydrogen (secondary N) is 1. The number of halogens is 1. The van der Waals surface area contributed by atoms with Gasteiger partial charge in [0.1, 0.15) is 5.82 Å². The molecule has 1 N–H and O–H groups in total. The number of alkyl halides is 1. The van der Waals surface area contributed by atoms with E-state index >= 15 is 0 Å². The maximum absolute atomic E-state index is 14.2. The van der Waals surface area contributed by atoms with E-state index in [1.807, 2.05) is 54.4 Å². The minimum Gasteiger partial charge on any atom is -0.329 e. The maximum Gasteiger partial charge on any atom is 0.313 e. The summed E-state index contributed by atoms with van der Waals surface area (Å²) >= 11 is 0. The van der Waals surface area contributed by atoms with Gasteiger partial charge in [0.2, 0.25) is 5.82 Å². The normalized spacial score (nSPS) is 16.6. The molecule has 1 fully saturated rings. The lowest BCUT2D eigenvalue weighted by molar-refractivity contribution is -0.384. The van der Waals surface area contributed by atoms with Crippen LogP contribution in [-0.2, 0) is 0 Å². The summed E-state index contributed by atoms with van der Waals surface area (Å²) in [6, 6.07) is 15.8. The molecule has 4 rings (SSSR count). The van der Waals surface area contributed by atoms with Crippen molar-refractivity contribution in [1.82, 2.24) is 20.3 Å². The SMILES string of the molecule is CN(c1ccncc1)c1ccc([N+](=O)[O-])c(N(c2ccccc2)N2CCNC(F)C2)n1. The highest BCUT2D eigenvalue weighted by molar-refractivity contribution is 5.71. The lowest BCUT2D eigenvalue weighted by Crippen LogP contribution is -2.54. The van der Waals surface area contributed by atoms with Gasteiger partial charge >= 0.3 is 5.69 Å². The minimum absolute atomic E-state index is 0.0398. The molecule has 9 nitrogen and oxygen atoms in total. The molecule has 0 saturated carbocycles. The molecule has 3 aromatic rings. The summed E-state index contributed by atoms with van der Waals surface area (Å²) in [6.45, 7) is 0.922. The first-order chi connectivity index (χ1) is 15.0. The number of para-hydroxylation sites is 1. The van der Waals surface area contributed by atoms with Gasteiger partial charge in [0.15, 0.2) is 6.30 Å². The molecular formula is C21H22FN7O2. The molecule has 2 aromatic heterocycles. The second kappa shape index (κ2) is 9.02. The van der Waals surface area contributed by atoms with Crippen LogP contribution in [0.25, 0.3) is 0 Å². The first-order valence-electron chi connectivity index (χ1n) is 9.81. The number of anilines is 4. The smallest absolute Gasteiger partial charge is 0.313 e. The summed E-state index contributed by atoms with van der Waals surface area (Å²) in [7, 11) is 1.82. The van der Waals surface area contributed by atoms with E-state index in [0.717, 1.165) is 5.69 Å².